The van der Waals surface area contributed by atoms with Crippen LogP contribution in [0.25, 0.3) is 0 Å². The van der Waals surface area contributed by atoms with Crippen LogP contribution < -0.4 is 5.43 Å². The molecule has 1 amide bonds. The molecule has 2 N–H and O–H groups in total. The fourth-order valence-electron chi connectivity index (χ4n) is 2.51. The summed E-state index contributed by atoms with van der Waals surface area (Å²) in [6.07, 6.45) is 2.63. The van der Waals surface area contributed by atoms with E-state index in [1.54, 1.807) is 18.3 Å². The normalized spacial score (nSPS) is 10.9. The third-order valence-corrected chi connectivity index (χ3v) is 4.60. The van der Waals surface area contributed by atoms with E-state index in [4.69, 9.17) is 0 Å². The van der Waals surface area contributed by atoms with Gasteiger partial charge in [-0.1, -0.05) is 12.1 Å². The summed E-state index contributed by atoms with van der Waals surface area (Å²) in [4.78, 5) is 32.7. The maximum Gasteiger partial charge on any atom is 0.293 e. The predicted molar refractivity (Wildman–Crippen MR) is 112 cm³/mol. The number of halogens is 1. The van der Waals surface area contributed by atoms with Gasteiger partial charge in [-0.2, -0.15) is 10.2 Å². The van der Waals surface area contributed by atoms with Crippen LogP contribution in [0, 0.1) is 20.2 Å². The van der Waals surface area contributed by atoms with Gasteiger partial charge in [0.15, 0.2) is 5.69 Å². The minimum atomic E-state index is -0.657. The molecule has 0 radical (unpaired) electrons. The number of carbonyl (C=O) groups is 1. The van der Waals surface area contributed by atoms with E-state index in [9.17, 15) is 30.1 Å². The van der Waals surface area contributed by atoms with Crippen LogP contribution in [0.4, 0.5) is 11.4 Å². The van der Waals surface area contributed by atoms with Gasteiger partial charge >= 0.3 is 0 Å². The number of nitro benzene ring substituents is 2. The zero-order chi connectivity index (χ0) is 22.5. The van der Waals surface area contributed by atoms with E-state index < -0.39 is 15.8 Å². The maximum absolute atomic E-state index is 12.3. The molecule has 0 atom stereocenters. The van der Waals surface area contributed by atoms with E-state index in [1.807, 2.05) is 0 Å². The van der Waals surface area contributed by atoms with Crippen LogP contribution in [0.5, 0.6) is 5.75 Å². The van der Waals surface area contributed by atoms with Crippen LogP contribution in [0.1, 0.15) is 21.6 Å². The Morgan fingerprint density at radius 1 is 1.16 bits per heavy atom. The van der Waals surface area contributed by atoms with Crippen molar-refractivity contribution in [3.8, 4) is 5.75 Å². The Balaban J connectivity index is 1.68. The quantitative estimate of drug-likeness (QED) is 0.292. The van der Waals surface area contributed by atoms with Gasteiger partial charge in [-0.3, -0.25) is 29.7 Å². The number of aromatic hydroxyl groups is 1. The standard InChI is InChI=1S/C18H13BrN6O6/c19-15-10-23(9-11-1-3-13(4-2-11)24(28)29)22-17(15)18(27)21-20-8-12-7-14(25(30)31)5-6-16(12)26/h1-8,10,26H,9H2,(H,21,27)/b20-8+. The van der Waals surface area contributed by atoms with Gasteiger partial charge in [-0.05, 0) is 27.6 Å². The highest BCUT2D eigenvalue weighted by Gasteiger charge is 2.15. The first-order valence-electron chi connectivity index (χ1n) is 8.51. The number of carbonyl (C=O) groups excluding carboxylic acids is 1. The first kappa shape index (κ1) is 21.6. The Morgan fingerprint density at radius 2 is 1.81 bits per heavy atom. The summed E-state index contributed by atoms with van der Waals surface area (Å²) in [5.41, 5.74) is 2.79. The predicted octanol–water partition coefficient (Wildman–Crippen LogP) is 2.98. The highest BCUT2D eigenvalue weighted by Crippen LogP contribution is 2.21. The molecule has 0 aliphatic carbocycles. The number of hydrazone groups is 1. The van der Waals surface area contributed by atoms with Crippen molar-refractivity contribution in [2.24, 2.45) is 5.10 Å². The van der Waals surface area contributed by atoms with Gasteiger partial charge in [-0.25, -0.2) is 5.43 Å². The molecule has 0 bridgehead atoms. The summed E-state index contributed by atoms with van der Waals surface area (Å²) < 4.78 is 1.86. The average molecular weight is 489 g/mol. The van der Waals surface area contributed by atoms with E-state index in [0.717, 1.165) is 30.0 Å². The number of non-ortho nitro benzene ring substituents is 2. The van der Waals surface area contributed by atoms with Gasteiger partial charge in [0.1, 0.15) is 5.75 Å². The summed E-state index contributed by atoms with van der Waals surface area (Å²) >= 11 is 3.24. The Bertz CT molecular complexity index is 1190. The monoisotopic (exact) mass is 488 g/mol. The molecule has 0 spiro atoms. The molecule has 2 aromatic carbocycles. The fourth-order valence-corrected chi connectivity index (χ4v) is 3.01. The van der Waals surface area contributed by atoms with Gasteiger partial charge in [0, 0.05) is 36.0 Å². The second-order valence-electron chi connectivity index (χ2n) is 6.15. The van der Waals surface area contributed by atoms with Crippen molar-refractivity contribution in [1.82, 2.24) is 15.2 Å². The second kappa shape index (κ2) is 9.13. The van der Waals surface area contributed by atoms with Crippen molar-refractivity contribution in [1.29, 1.82) is 0 Å². The highest BCUT2D eigenvalue weighted by molar-refractivity contribution is 9.10. The molecule has 13 heteroatoms. The molecule has 3 aromatic rings. The largest absolute Gasteiger partial charge is 0.507 e. The van der Waals surface area contributed by atoms with E-state index in [2.05, 4.69) is 31.6 Å². The Labute approximate surface area is 182 Å². The molecule has 1 aromatic heterocycles. The van der Waals surface area contributed by atoms with E-state index >= 15 is 0 Å². The van der Waals surface area contributed by atoms with Crippen molar-refractivity contribution >= 4 is 39.4 Å². The lowest BCUT2D eigenvalue weighted by atomic mass is 10.2. The van der Waals surface area contributed by atoms with Gasteiger partial charge in [-0.15, -0.1) is 0 Å². The van der Waals surface area contributed by atoms with Gasteiger partial charge in [0.05, 0.1) is 27.1 Å². The summed E-state index contributed by atoms with van der Waals surface area (Å²) in [5, 5.41) is 39.1. The number of benzene rings is 2. The lowest BCUT2D eigenvalue weighted by Crippen LogP contribution is -2.19. The molecule has 158 valence electrons. The molecule has 0 fully saturated rings. The zero-order valence-corrected chi connectivity index (χ0v) is 17.1. The fraction of sp³-hybridized carbons (Fsp3) is 0.0556. The lowest BCUT2D eigenvalue weighted by molar-refractivity contribution is -0.385. The minimum absolute atomic E-state index is 0.0295. The van der Waals surface area contributed by atoms with Crippen LogP contribution in [-0.2, 0) is 6.54 Å². The lowest BCUT2D eigenvalue weighted by Gasteiger charge is -2.02. The van der Waals surface area contributed by atoms with Crippen LogP contribution in [0.15, 0.2) is 58.2 Å². The number of hydrogen-bond donors (Lipinski definition) is 2. The summed E-state index contributed by atoms with van der Waals surface area (Å²) in [5.74, 6) is -0.896. The minimum Gasteiger partial charge on any atom is -0.507 e. The molecule has 12 nitrogen and oxygen atoms in total. The summed E-state index contributed by atoms with van der Waals surface area (Å²) in [7, 11) is 0. The van der Waals surface area contributed by atoms with Crippen LogP contribution in [0.3, 0.4) is 0 Å². The number of nitro groups is 2. The van der Waals surface area contributed by atoms with E-state index in [-0.39, 0.29) is 34.9 Å². The Kier molecular flexibility index (Phi) is 6.35. The van der Waals surface area contributed by atoms with Crippen molar-refractivity contribution < 1.29 is 19.7 Å². The first-order valence-corrected chi connectivity index (χ1v) is 9.31. The van der Waals surface area contributed by atoms with Crippen LogP contribution in [-0.4, -0.2) is 36.9 Å². The molecule has 0 aliphatic rings. The van der Waals surface area contributed by atoms with Gasteiger partial charge < -0.3 is 5.11 Å². The molecule has 0 unspecified atom stereocenters. The highest BCUT2D eigenvalue weighted by atomic mass is 79.9. The molecule has 0 saturated carbocycles. The number of aromatic nitrogens is 2. The number of nitrogens with zero attached hydrogens (tertiary/aromatic N) is 5. The van der Waals surface area contributed by atoms with Crippen molar-refractivity contribution in [3.63, 3.8) is 0 Å². The molecule has 3 rings (SSSR count). The van der Waals surface area contributed by atoms with Gasteiger partial charge in [0.2, 0.25) is 0 Å². The number of amides is 1. The van der Waals surface area contributed by atoms with Crippen LogP contribution >= 0.6 is 15.9 Å². The van der Waals surface area contributed by atoms with Crippen molar-refractivity contribution in [2.45, 2.75) is 6.54 Å². The number of phenolic OH excluding ortho intramolecular Hbond substituents is 1. The van der Waals surface area contributed by atoms with E-state index in [1.165, 1.54) is 16.8 Å². The second-order valence-corrected chi connectivity index (χ2v) is 7.00. The summed E-state index contributed by atoms with van der Waals surface area (Å²) in [6.45, 7) is 0.273. The SMILES string of the molecule is O=C(N/N=C/c1cc([N+](=O)[O-])ccc1O)c1nn(Cc2ccc([N+](=O)[O-])cc2)cc1Br. The first-order chi connectivity index (χ1) is 14.7. The topological polar surface area (TPSA) is 166 Å². The Hall–Kier alpha value is -4.13. The molecular weight excluding hydrogens is 476 g/mol. The number of rotatable bonds is 7. The molecule has 1 heterocycles. The van der Waals surface area contributed by atoms with Crippen molar-refractivity contribution in [3.05, 3.63) is 90.2 Å². The number of phenols is 1. The summed E-state index contributed by atoms with van der Waals surface area (Å²) in [6, 6.07) is 9.32. The van der Waals surface area contributed by atoms with Crippen molar-refractivity contribution in [2.75, 3.05) is 0 Å². The molecular formula is C18H13BrN6O6. The molecule has 0 saturated heterocycles. The third-order valence-electron chi connectivity index (χ3n) is 4.02. The molecule has 0 aliphatic heterocycles. The van der Waals surface area contributed by atoms with Crippen LogP contribution in [0.2, 0.25) is 0 Å². The average Bonchev–Trinajstić information content (AvgIpc) is 3.09. The smallest absolute Gasteiger partial charge is 0.293 e. The third kappa shape index (κ3) is 5.27. The maximum atomic E-state index is 12.3. The molecule has 31 heavy (non-hydrogen) atoms. The Morgan fingerprint density at radius 3 is 2.45 bits per heavy atom. The number of nitrogens with one attached hydrogen (secondary N) is 1. The number of hydrogen-bond acceptors (Lipinski definition) is 8. The van der Waals surface area contributed by atoms with Gasteiger partial charge in [0.25, 0.3) is 17.3 Å². The zero-order valence-electron chi connectivity index (χ0n) is 15.5. The van der Waals surface area contributed by atoms with E-state index in [0.29, 0.717) is 4.47 Å².